The van der Waals surface area contributed by atoms with E-state index in [2.05, 4.69) is 82.3 Å². The Kier molecular flexibility index (Phi) is 9.58. The smallest absolute Gasteiger partial charge is 0.309 e. The number of carbonyl (C=O) groups is 3. The number of benzene rings is 1. The van der Waals surface area contributed by atoms with Crippen LogP contribution in [0.15, 0.2) is 48.7 Å². The van der Waals surface area contributed by atoms with Crippen molar-refractivity contribution in [3.8, 4) is 11.3 Å². The first-order chi connectivity index (χ1) is 27.8. The minimum atomic E-state index is -0.817. The minimum absolute atomic E-state index is 0.0183. The van der Waals surface area contributed by atoms with E-state index in [1.54, 1.807) is 0 Å². The molecule has 320 valence electrons. The van der Waals surface area contributed by atoms with E-state index >= 15 is 4.79 Å². The maximum absolute atomic E-state index is 15.5. The maximum atomic E-state index is 15.5. The number of fused-ring (bicyclic) bond motifs is 7. The number of imidazole rings is 1. The zero-order chi connectivity index (χ0) is 42.1. The van der Waals surface area contributed by atoms with Crippen molar-refractivity contribution < 1.29 is 24.2 Å². The van der Waals surface area contributed by atoms with Gasteiger partial charge in [-0.1, -0.05) is 91.0 Å². The molecule has 6 saturated carbocycles. The Hall–Kier alpha value is -3.42. The van der Waals surface area contributed by atoms with Gasteiger partial charge < -0.3 is 19.7 Å². The Morgan fingerprint density at radius 3 is 2.27 bits per heavy atom. The van der Waals surface area contributed by atoms with E-state index in [-0.39, 0.29) is 51.1 Å². The maximum Gasteiger partial charge on any atom is 0.309 e. The van der Waals surface area contributed by atoms with Crippen LogP contribution in [0.3, 0.4) is 0 Å². The third-order valence-electron chi connectivity index (χ3n) is 20.1. The van der Waals surface area contributed by atoms with Crippen LogP contribution in [0.2, 0.25) is 0 Å². The molecule has 8 heteroatoms. The van der Waals surface area contributed by atoms with Crippen LogP contribution in [0.4, 0.5) is 0 Å². The molecule has 1 aliphatic heterocycles. The number of aromatic amines is 1. The average Bonchev–Trinajstić information content (AvgIpc) is 3.95. The highest BCUT2D eigenvalue weighted by atomic mass is 16.5. The lowest BCUT2D eigenvalue weighted by molar-refractivity contribution is -0.251. The number of likely N-dealkylation sites (tertiary alicyclic amines) is 1. The number of H-pyrrole nitrogens is 1. The first-order valence-electron chi connectivity index (χ1n) is 23.3. The van der Waals surface area contributed by atoms with Crippen LogP contribution in [0.5, 0.6) is 0 Å². The molecular weight excluding hydrogens is 735 g/mol. The van der Waals surface area contributed by atoms with Crippen LogP contribution >= 0.6 is 0 Å². The molecule has 13 atom stereocenters. The van der Waals surface area contributed by atoms with Crippen molar-refractivity contribution in [3.63, 3.8) is 0 Å². The molecule has 1 aromatic heterocycles. The number of esters is 1. The normalized spacial score (nSPS) is 43.0. The SMILES string of the molecule is C=C(C)[C@@H]1CC[C@]2(C(=O)N3CCC[C@H]3c3ncc(-c4ccccc4)[nH]3)CC[C@]3(C)[C@H](CC[C@@H]4[C@@]5(C)CC[C@H](OC(=O)[C@@H]6C[C@H](C(=O)O)C6(C)C)C(C)(C)[C@@H]5CC[C@]43C)[C@@H]12. The number of hydrogen-bond acceptors (Lipinski definition) is 5. The molecule has 1 aromatic carbocycles. The molecule has 8 nitrogen and oxygen atoms in total. The predicted molar refractivity (Wildman–Crippen MR) is 230 cm³/mol. The zero-order valence-corrected chi connectivity index (χ0v) is 37.2. The van der Waals surface area contributed by atoms with Gasteiger partial charge in [0.25, 0.3) is 0 Å². The summed E-state index contributed by atoms with van der Waals surface area (Å²) in [5.74, 6) is 1.53. The van der Waals surface area contributed by atoms with E-state index < -0.39 is 17.3 Å². The molecule has 2 N–H and O–H groups in total. The summed E-state index contributed by atoms with van der Waals surface area (Å²) in [6, 6.07) is 10.3. The molecule has 1 amide bonds. The number of aliphatic carboxylic acids is 1. The average molecular weight is 806 g/mol. The zero-order valence-electron chi connectivity index (χ0n) is 37.2. The quantitative estimate of drug-likeness (QED) is 0.213. The van der Waals surface area contributed by atoms with Gasteiger partial charge in [-0.05, 0) is 147 Å². The predicted octanol–water partition coefficient (Wildman–Crippen LogP) is 11.1. The van der Waals surface area contributed by atoms with Gasteiger partial charge >= 0.3 is 11.9 Å². The van der Waals surface area contributed by atoms with Gasteiger partial charge in [0.05, 0.1) is 35.2 Å². The lowest BCUT2D eigenvalue weighted by Crippen LogP contribution is -2.67. The molecule has 2 heterocycles. The minimum Gasteiger partial charge on any atom is -0.481 e. The van der Waals surface area contributed by atoms with Crippen molar-refractivity contribution >= 4 is 17.8 Å². The van der Waals surface area contributed by atoms with E-state index in [0.717, 1.165) is 94.3 Å². The van der Waals surface area contributed by atoms with Gasteiger partial charge in [-0.15, -0.1) is 0 Å². The van der Waals surface area contributed by atoms with Gasteiger partial charge in [0.1, 0.15) is 11.9 Å². The summed E-state index contributed by atoms with van der Waals surface area (Å²) in [5.41, 5.74) is 2.60. The summed E-state index contributed by atoms with van der Waals surface area (Å²) in [6.07, 6.45) is 14.7. The van der Waals surface area contributed by atoms with Crippen molar-refractivity contribution in [1.29, 1.82) is 0 Å². The summed E-state index contributed by atoms with van der Waals surface area (Å²) in [5, 5.41) is 9.70. The molecule has 1 saturated heterocycles. The largest absolute Gasteiger partial charge is 0.481 e. The van der Waals surface area contributed by atoms with Crippen LogP contribution in [-0.4, -0.2) is 50.5 Å². The molecule has 6 aliphatic carbocycles. The fourth-order valence-electron chi connectivity index (χ4n) is 16.5. The Labute approximate surface area is 353 Å². The fourth-order valence-corrected chi connectivity index (χ4v) is 16.5. The lowest BCUT2D eigenvalue weighted by Gasteiger charge is -2.73. The number of allylic oxidation sites excluding steroid dienone is 1. The highest BCUT2D eigenvalue weighted by Crippen LogP contribution is 2.78. The second-order valence-electron chi connectivity index (χ2n) is 22.8. The van der Waals surface area contributed by atoms with Crippen molar-refractivity contribution in [1.82, 2.24) is 14.9 Å². The summed E-state index contributed by atoms with van der Waals surface area (Å²) in [4.78, 5) is 51.8. The van der Waals surface area contributed by atoms with Gasteiger partial charge in [0, 0.05) is 12.0 Å². The molecule has 9 rings (SSSR count). The second kappa shape index (κ2) is 13.8. The van der Waals surface area contributed by atoms with Crippen LogP contribution in [0.25, 0.3) is 11.3 Å². The number of hydrogen-bond donors (Lipinski definition) is 2. The summed E-state index contributed by atoms with van der Waals surface area (Å²) in [7, 11) is 0. The number of nitrogens with one attached hydrogen (secondary N) is 1. The van der Waals surface area contributed by atoms with E-state index in [0.29, 0.717) is 41.9 Å². The first kappa shape index (κ1) is 41.0. The molecule has 2 aromatic rings. The summed E-state index contributed by atoms with van der Waals surface area (Å²) >= 11 is 0. The van der Waals surface area contributed by atoms with E-state index in [1.165, 1.54) is 12.0 Å². The van der Waals surface area contributed by atoms with Crippen molar-refractivity contribution in [3.05, 3.63) is 54.5 Å². The van der Waals surface area contributed by atoms with Crippen LogP contribution < -0.4 is 0 Å². The monoisotopic (exact) mass is 806 g/mol. The standard InChI is InChI=1S/C51H71N3O5/c1-30(2)32-19-24-51(45(58)54-27-13-16-37(54)42-52-29-36(53-42)31-14-11-10-12-15-31)26-25-49(8)33(41(32)51)17-18-39-48(7)22-21-40(47(5,6)38(48)20-23-50(39,49)9)59-44(57)35-28-34(43(55)56)46(35,3)4/h10-12,14-15,29,32-35,37-41H,1,13,16-28H2,2-9H3,(H,52,53)(H,55,56)/t32-,33+,34+,35-,37-,38-,39+,40-,41+,48-,49+,50+,51-/m0/s1. The van der Waals surface area contributed by atoms with E-state index in [9.17, 15) is 14.7 Å². The molecule has 0 spiro atoms. The van der Waals surface area contributed by atoms with E-state index in [4.69, 9.17) is 9.72 Å². The van der Waals surface area contributed by atoms with Gasteiger partial charge in [-0.3, -0.25) is 14.4 Å². The molecule has 7 aliphatic rings. The van der Waals surface area contributed by atoms with Crippen LogP contribution in [0.1, 0.15) is 151 Å². The Morgan fingerprint density at radius 1 is 0.831 bits per heavy atom. The third-order valence-corrected chi connectivity index (χ3v) is 20.1. The highest BCUT2D eigenvalue weighted by Gasteiger charge is 2.72. The van der Waals surface area contributed by atoms with Crippen LogP contribution in [0, 0.1) is 73.9 Å². The second-order valence-corrected chi connectivity index (χ2v) is 22.8. The fraction of sp³-hybridized carbons (Fsp3) is 0.725. The number of carbonyl (C=O) groups excluding carboxylic acids is 2. The summed E-state index contributed by atoms with van der Waals surface area (Å²) < 4.78 is 6.47. The number of carboxylic acid groups (broad SMARTS) is 1. The number of ether oxygens (including phenoxy) is 1. The molecule has 0 unspecified atom stereocenters. The third kappa shape index (κ3) is 5.71. The molecule has 7 fully saturated rings. The number of rotatable bonds is 7. The Bertz CT molecular complexity index is 2020. The number of amides is 1. The first-order valence-corrected chi connectivity index (χ1v) is 23.3. The van der Waals surface area contributed by atoms with Crippen molar-refractivity contribution in [2.45, 2.75) is 151 Å². The Balaban J connectivity index is 0.968. The molecule has 0 bridgehead atoms. The lowest BCUT2D eigenvalue weighted by atomic mass is 9.32. The summed E-state index contributed by atoms with van der Waals surface area (Å²) in [6.45, 7) is 24.0. The number of nitrogens with zero attached hydrogens (tertiary/aromatic N) is 2. The Morgan fingerprint density at radius 2 is 1.58 bits per heavy atom. The van der Waals surface area contributed by atoms with Crippen molar-refractivity contribution in [2.75, 3.05) is 6.54 Å². The molecule has 59 heavy (non-hydrogen) atoms. The number of carboxylic acids is 1. The molecular formula is C51H71N3O5. The number of aromatic nitrogens is 2. The van der Waals surface area contributed by atoms with Gasteiger partial charge in [0.2, 0.25) is 5.91 Å². The highest BCUT2D eigenvalue weighted by molar-refractivity contribution is 5.85. The van der Waals surface area contributed by atoms with Gasteiger partial charge in [-0.2, -0.15) is 0 Å². The van der Waals surface area contributed by atoms with Gasteiger partial charge in [0.15, 0.2) is 0 Å². The van der Waals surface area contributed by atoms with Gasteiger partial charge in [-0.25, -0.2) is 4.98 Å². The topological polar surface area (TPSA) is 113 Å². The molecule has 0 radical (unpaired) electrons. The van der Waals surface area contributed by atoms with E-state index in [1.807, 2.05) is 26.1 Å². The van der Waals surface area contributed by atoms with Crippen LogP contribution in [-0.2, 0) is 19.1 Å². The van der Waals surface area contributed by atoms with Crippen molar-refractivity contribution in [2.24, 2.45) is 73.9 Å².